The molecule has 1 saturated carbocycles. The Morgan fingerprint density at radius 3 is 2.68 bits per heavy atom. The molecule has 2 aliphatic rings. The first-order chi connectivity index (χ1) is 9.11. The smallest absolute Gasteiger partial charge is 0.268 e. The van der Waals surface area contributed by atoms with Crippen molar-refractivity contribution in [1.29, 1.82) is 0 Å². The van der Waals surface area contributed by atoms with Crippen LogP contribution in [0, 0.1) is 0 Å². The molecule has 1 aromatic carbocycles. The Labute approximate surface area is 112 Å². The van der Waals surface area contributed by atoms with Crippen molar-refractivity contribution in [2.45, 2.75) is 44.6 Å². The zero-order chi connectivity index (χ0) is 13.5. The fraction of sp³-hybridized carbons (Fsp3) is 0.467. The standard InChI is InChI=1S/C15H17NO3/c1-10(17)11-5-6-13-12(9-11)16-14(18)15(19-13)7-3-2-4-8-15/h5-6,9H,2-4,7-8H2,1H3,(H,16,18). The number of hydrogen-bond acceptors (Lipinski definition) is 3. The number of hydrogen-bond donors (Lipinski definition) is 1. The molecule has 1 amide bonds. The summed E-state index contributed by atoms with van der Waals surface area (Å²) < 4.78 is 5.98. The maximum absolute atomic E-state index is 12.3. The van der Waals surface area contributed by atoms with E-state index in [-0.39, 0.29) is 11.7 Å². The Hall–Kier alpha value is -1.84. The molecule has 3 rings (SSSR count). The van der Waals surface area contributed by atoms with Gasteiger partial charge >= 0.3 is 0 Å². The molecule has 4 nitrogen and oxygen atoms in total. The molecule has 1 aromatic rings. The van der Waals surface area contributed by atoms with Crippen LogP contribution >= 0.6 is 0 Å². The van der Waals surface area contributed by atoms with Gasteiger partial charge in [0.25, 0.3) is 5.91 Å². The summed E-state index contributed by atoms with van der Waals surface area (Å²) in [5, 5.41) is 2.90. The molecule has 1 aliphatic carbocycles. The molecule has 0 aromatic heterocycles. The van der Waals surface area contributed by atoms with E-state index in [9.17, 15) is 9.59 Å². The molecule has 0 bridgehead atoms. The SMILES string of the molecule is CC(=O)c1ccc2c(c1)NC(=O)C1(CCCCC1)O2. The highest BCUT2D eigenvalue weighted by Crippen LogP contribution is 2.41. The Balaban J connectivity index is 1.95. The lowest BCUT2D eigenvalue weighted by atomic mass is 9.83. The van der Waals surface area contributed by atoms with E-state index in [1.54, 1.807) is 18.2 Å². The number of carbonyl (C=O) groups excluding carboxylic acids is 2. The van der Waals surface area contributed by atoms with Crippen LogP contribution in [0.4, 0.5) is 5.69 Å². The molecule has 1 N–H and O–H groups in total. The molecule has 1 spiro atoms. The van der Waals surface area contributed by atoms with Crippen molar-refractivity contribution in [2.24, 2.45) is 0 Å². The van der Waals surface area contributed by atoms with Crippen molar-refractivity contribution >= 4 is 17.4 Å². The molecule has 1 aliphatic heterocycles. The third-order valence-corrected chi connectivity index (χ3v) is 4.01. The Bertz CT molecular complexity index is 544. The van der Waals surface area contributed by atoms with Gasteiger partial charge in [-0.05, 0) is 50.8 Å². The van der Waals surface area contributed by atoms with Gasteiger partial charge < -0.3 is 10.1 Å². The number of nitrogens with one attached hydrogen (secondary N) is 1. The van der Waals surface area contributed by atoms with Crippen LogP contribution in [0.1, 0.15) is 49.4 Å². The summed E-state index contributed by atoms with van der Waals surface area (Å²) in [4.78, 5) is 23.6. The number of ether oxygens (including phenoxy) is 1. The van der Waals surface area contributed by atoms with Crippen LogP contribution in [-0.2, 0) is 4.79 Å². The lowest BCUT2D eigenvalue weighted by molar-refractivity contribution is -0.135. The van der Waals surface area contributed by atoms with Crippen LogP contribution in [-0.4, -0.2) is 17.3 Å². The molecule has 0 unspecified atom stereocenters. The van der Waals surface area contributed by atoms with Crippen molar-refractivity contribution < 1.29 is 14.3 Å². The van der Waals surface area contributed by atoms with Crippen molar-refractivity contribution in [1.82, 2.24) is 0 Å². The number of amides is 1. The van der Waals surface area contributed by atoms with E-state index in [0.29, 0.717) is 17.0 Å². The summed E-state index contributed by atoms with van der Waals surface area (Å²) in [5.74, 6) is 0.585. The second-order valence-corrected chi connectivity index (χ2v) is 5.38. The number of benzene rings is 1. The first-order valence-electron chi connectivity index (χ1n) is 6.76. The molecule has 0 atom stereocenters. The number of carbonyl (C=O) groups is 2. The molecule has 1 heterocycles. The van der Waals surface area contributed by atoms with Crippen molar-refractivity contribution in [3.8, 4) is 5.75 Å². The summed E-state index contributed by atoms with van der Waals surface area (Å²) >= 11 is 0. The largest absolute Gasteiger partial charge is 0.475 e. The summed E-state index contributed by atoms with van der Waals surface area (Å²) in [5.41, 5.74) is 0.499. The quantitative estimate of drug-likeness (QED) is 0.789. The third kappa shape index (κ3) is 2.01. The van der Waals surface area contributed by atoms with Crippen molar-refractivity contribution in [3.05, 3.63) is 23.8 Å². The number of anilines is 1. The topological polar surface area (TPSA) is 55.4 Å². The van der Waals surface area contributed by atoms with Gasteiger partial charge in [-0.3, -0.25) is 9.59 Å². The first-order valence-corrected chi connectivity index (χ1v) is 6.76. The molecule has 1 fully saturated rings. The van der Waals surface area contributed by atoms with Crippen LogP contribution in [0.2, 0.25) is 0 Å². The fourth-order valence-electron chi connectivity index (χ4n) is 2.88. The van der Waals surface area contributed by atoms with Gasteiger partial charge in [0.15, 0.2) is 11.4 Å². The highest BCUT2D eigenvalue weighted by atomic mass is 16.5. The molecular weight excluding hydrogens is 242 g/mol. The highest BCUT2D eigenvalue weighted by Gasteiger charge is 2.45. The van der Waals surface area contributed by atoms with E-state index < -0.39 is 5.60 Å². The Morgan fingerprint density at radius 1 is 1.26 bits per heavy atom. The maximum Gasteiger partial charge on any atom is 0.268 e. The average Bonchev–Trinajstić information content (AvgIpc) is 2.40. The Kier molecular flexibility index (Phi) is 2.81. The van der Waals surface area contributed by atoms with Crippen LogP contribution in [0.5, 0.6) is 5.75 Å². The van der Waals surface area contributed by atoms with E-state index in [0.717, 1.165) is 32.1 Å². The molecule has 0 radical (unpaired) electrons. The van der Waals surface area contributed by atoms with Gasteiger partial charge in [-0.15, -0.1) is 0 Å². The van der Waals surface area contributed by atoms with Gasteiger partial charge in [0.1, 0.15) is 5.75 Å². The van der Waals surface area contributed by atoms with Crippen LogP contribution < -0.4 is 10.1 Å². The molecule has 19 heavy (non-hydrogen) atoms. The predicted molar refractivity (Wildman–Crippen MR) is 71.5 cm³/mol. The molecule has 0 saturated heterocycles. The minimum atomic E-state index is -0.691. The lowest BCUT2D eigenvalue weighted by Gasteiger charge is -2.39. The lowest BCUT2D eigenvalue weighted by Crippen LogP contribution is -2.52. The maximum atomic E-state index is 12.3. The molecule has 100 valence electrons. The van der Waals surface area contributed by atoms with Gasteiger partial charge in [0.05, 0.1) is 5.69 Å². The fourth-order valence-corrected chi connectivity index (χ4v) is 2.88. The monoisotopic (exact) mass is 259 g/mol. The second kappa shape index (κ2) is 4.37. The number of ketones is 1. The summed E-state index contributed by atoms with van der Waals surface area (Å²) in [7, 11) is 0. The van der Waals surface area contributed by atoms with Crippen LogP contribution in [0.25, 0.3) is 0 Å². The van der Waals surface area contributed by atoms with Crippen molar-refractivity contribution in [2.75, 3.05) is 5.32 Å². The summed E-state index contributed by atoms with van der Waals surface area (Å²) in [6.45, 7) is 1.51. The zero-order valence-electron chi connectivity index (χ0n) is 11.0. The minimum Gasteiger partial charge on any atom is -0.475 e. The van der Waals surface area contributed by atoms with E-state index >= 15 is 0 Å². The summed E-state index contributed by atoms with van der Waals surface area (Å²) in [6.07, 6.45) is 4.75. The van der Waals surface area contributed by atoms with Gasteiger partial charge in [0, 0.05) is 5.56 Å². The van der Waals surface area contributed by atoms with E-state index in [1.807, 2.05) is 0 Å². The Morgan fingerprint density at radius 2 is 2.00 bits per heavy atom. The predicted octanol–water partition coefficient (Wildman–Crippen LogP) is 2.92. The highest BCUT2D eigenvalue weighted by molar-refractivity contribution is 6.03. The molecular formula is C15H17NO3. The zero-order valence-corrected chi connectivity index (χ0v) is 11.0. The van der Waals surface area contributed by atoms with Gasteiger partial charge in [-0.1, -0.05) is 6.42 Å². The average molecular weight is 259 g/mol. The van der Waals surface area contributed by atoms with Gasteiger partial charge in [-0.25, -0.2) is 0 Å². The first kappa shape index (κ1) is 12.2. The number of fused-ring (bicyclic) bond motifs is 1. The van der Waals surface area contributed by atoms with E-state index in [1.165, 1.54) is 6.92 Å². The van der Waals surface area contributed by atoms with Gasteiger partial charge in [0.2, 0.25) is 0 Å². The summed E-state index contributed by atoms with van der Waals surface area (Å²) in [6, 6.07) is 5.21. The third-order valence-electron chi connectivity index (χ3n) is 4.01. The molecule has 4 heteroatoms. The van der Waals surface area contributed by atoms with E-state index in [2.05, 4.69) is 5.32 Å². The normalized spacial score (nSPS) is 20.4. The number of Topliss-reactive ketones (excluding diaryl/α,β-unsaturated/α-hetero) is 1. The van der Waals surface area contributed by atoms with Crippen LogP contribution in [0.15, 0.2) is 18.2 Å². The van der Waals surface area contributed by atoms with Crippen LogP contribution in [0.3, 0.4) is 0 Å². The minimum absolute atomic E-state index is 0.0185. The van der Waals surface area contributed by atoms with Gasteiger partial charge in [-0.2, -0.15) is 0 Å². The van der Waals surface area contributed by atoms with E-state index in [4.69, 9.17) is 4.74 Å². The number of rotatable bonds is 1. The second-order valence-electron chi connectivity index (χ2n) is 5.38. The van der Waals surface area contributed by atoms with Crippen molar-refractivity contribution in [3.63, 3.8) is 0 Å².